The molecule has 0 spiro atoms. The number of aryl methyl sites for hydroxylation is 1. The first kappa shape index (κ1) is 13.2. The summed E-state index contributed by atoms with van der Waals surface area (Å²) in [5.74, 6) is 0. The molecule has 0 heterocycles. The topological polar surface area (TPSA) is 54.4 Å². The van der Waals surface area contributed by atoms with Crippen LogP contribution in [0.15, 0.2) is 30.3 Å². The van der Waals surface area contributed by atoms with Gasteiger partial charge in [-0.05, 0) is 31.7 Å². The van der Waals surface area contributed by atoms with E-state index in [-0.39, 0.29) is 0 Å². The Morgan fingerprint density at radius 2 is 1.81 bits per heavy atom. The van der Waals surface area contributed by atoms with Crippen LogP contribution in [-0.2, 0) is 16.5 Å². The van der Waals surface area contributed by atoms with Gasteiger partial charge in [-0.25, -0.2) is 0 Å². The highest BCUT2D eigenvalue weighted by molar-refractivity contribution is 7.86. The minimum absolute atomic E-state index is 0.520. The van der Waals surface area contributed by atoms with E-state index in [4.69, 9.17) is 4.55 Å². The average Bonchev–Trinajstić information content (AvgIpc) is 2.24. The first-order valence-corrected chi connectivity index (χ1v) is 7.00. The molecule has 0 radical (unpaired) electrons. The minimum atomic E-state index is -3.85. The van der Waals surface area contributed by atoms with Crippen LogP contribution in [0.4, 0.5) is 0 Å². The lowest BCUT2D eigenvalue weighted by Gasteiger charge is -2.07. The van der Waals surface area contributed by atoms with Gasteiger partial charge in [-0.15, -0.1) is 0 Å². The molecule has 0 aliphatic carbocycles. The zero-order valence-electron chi connectivity index (χ0n) is 9.46. The third kappa shape index (κ3) is 4.77. The molecule has 0 aliphatic heterocycles. The molecule has 1 aromatic carbocycles. The third-order valence-electron chi connectivity index (χ3n) is 2.68. The zero-order chi connectivity index (χ0) is 12.0. The smallest absolute Gasteiger partial charge is 0.267 e. The summed E-state index contributed by atoms with van der Waals surface area (Å²) in [5.41, 5.74) is 1.27. The zero-order valence-corrected chi connectivity index (χ0v) is 10.3. The fraction of sp³-hybridized carbons (Fsp3) is 0.500. The number of unbranched alkanes of at least 4 members (excludes halogenated alkanes) is 1. The lowest BCUT2D eigenvalue weighted by atomic mass is 10.1. The van der Waals surface area contributed by atoms with E-state index in [1.807, 2.05) is 18.2 Å². The number of rotatable bonds is 6. The van der Waals surface area contributed by atoms with E-state index < -0.39 is 15.4 Å². The lowest BCUT2D eigenvalue weighted by molar-refractivity contribution is 0.463. The van der Waals surface area contributed by atoms with Crippen molar-refractivity contribution < 1.29 is 13.0 Å². The average molecular weight is 242 g/mol. The van der Waals surface area contributed by atoms with Crippen molar-refractivity contribution in [3.05, 3.63) is 35.9 Å². The Morgan fingerprint density at radius 3 is 2.38 bits per heavy atom. The molecule has 0 fully saturated rings. The Morgan fingerprint density at radius 1 is 1.19 bits per heavy atom. The van der Waals surface area contributed by atoms with Gasteiger partial charge in [-0.3, -0.25) is 4.55 Å². The highest BCUT2D eigenvalue weighted by atomic mass is 32.2. The Hall–Kier alpha value is -0.870. The molecule has 1 N–H and O–H groups in total. The van der Waals surface area contributed by atoms with E-state index in [1.54, 1.807) is 0 Å². The molecular weight excluding hydrogens is 224 g/mol. The van der Waals surface area contributed by atoms with Crippen molar-refractivity contribution in [1.29, 1.82) is 0 Å². The van der Waals surface area contributed by atoms with Gasteiger partial charge < -0.3 is 0 Å². The van der Waals surface area contributed by atoms with Crippen LogP contribution < -0.4 is 0 Å². The molecule has 0 bridgehead atoms. The fourth-order valence-electron chi connectivity index (χ4n) is 1.55. The maximum absolute atomic E-state index is 10.8. The first-order valence-electron chi connectivity index (χ1n) is 5.50. The SMILES string of the molecule is C[C@@H](CCCCc1ccccc1)S(=O)(=O)O. The summed E-state index contributed by atoms with van der Waals surface area (Å²) in [4.78, 5) is 0. The summed E-state index contributed by atoms with van der Waals surface area (Å²) < 4.78 is 30.3. The molecule has 4 heteroatoms. The third-order valence-corrected chi connectivity index (χ3v) is 3.93. The summed E-state index contributed by atoms with van der Waals surface area (Å²) in [6, 6.07) is 10.1. The summed E-state index contributed by atoms with van der Waals surface area (Å²) in [5, 5.41) is -0.650. The molecule has 0 aliphatic rings. The monoisotopic (exact) mass is 242 g/mol. The molecule has 0 saturated heterocycles. The van der Waals surface area contributed by atoms with Gasteiger partial charge in [-0.1, -0.05) is 36.8 Å². The van der Waals surface area contributed by atoms with E-state index in [2.05, 4.69) is 12.1 Å². The summed E-state index contributed by atoms with van der Waals surface area (Å²) in [6.07, 6.45) is 3.24. The second kappa shape index (κ2) is 6.01. The Kier molecular flexibility index (Phi) is 4.96. The molecule has 90 valence electrons. The lowest BCUT2D eigenvalue weighted by Crippen LogP contribution is -2.16. The van der Waals surface area contributed by atoms with Crippen LogP contribution in [0.25, 0.3) is 0 Å². The standard InChI is InChI=1S/C12H18O3S/c1-11(16(13,14)15)7-5-6-10-12-8-3-2-4-9-12/h2-4,8-9,11H,5-7,10H2,1H3,(H,13,14,15)/t11-/m0/s1. The largest absolute Gasteiger partial charge is 0.285 e. The van der Waals surface area contributed by atoms with Crippen LogP contribution in [0, 0.1) is 0 Å². The quantitative estimate of drug-likeness (QED) is 0.616. The molecule has 1 rings (SSSR count). The van der Waals surface area contributed by atoms with Crippen LogP contribution in [0.5, 0.6) is 0 Å². The van der Waals surface area contributed by atoms with Crippen LogP contribution in [0.1, 0.15) is 31.7 Å². The van der Waals surface area contributed by atoms with E-state index in [1.165, 1.54) is 12.5 Å². The van der Waals surface area contributed by atoms with Gasteiger partial charge in [0.25, 0.3) is 10.1 Å². The van der Waals surface area contributed by atoms with Gasteiger partial charge in [0.1, 0.15) is 0 Å². The van der Waals surface area contributed by atoms with Crippen molar-refractivity contribution in [2.24, 2.45) is 0 Å². The second-order valence-corrected chi connectivity index (χ2v) is 5.89. The highest BCUT2D eigenvalue weighted by Crippen LogP contribution is 2.11. The van der Waals surface area contributed by atoms with Gasteiger partial charge in [-0.2, -0.15) is 8.42 Å². The fourth-order valence-corrected chi connectivity index (χ4v) is 2.02. The van der Waals surface area contributed by atoms with E-state index in [9.17, 15) is 8.42 Å². The minimum Gasteiger partial charge on any atom is -0.285 e. The van der Waals surface area contributed by atoms with Gasteiger partial charge in [0.2, 0.25) is 0 Å². The van der Waals surface area contributed by atoms with Crippen molar-refractivity contribution in [3.8, 4) is 0 Å². The number of hydrogen-bond donors (Lipinski definition) is 1. The van der Waals surface area contributed by atoms with Crippen molar-refractivity contribution >= 4 is 10.1 Å². The predicted molar refractivity (Wildman–Crippen MR) is 65.0 cm³/mol. The number of benzene rings is 1. The van der Waals surface area contributed by atoms with Crippen molar-refractivity contribution in [1.82, 2.24) is 0 Å². The van der Waals surface area contributed by atoms with Crippen LogP contribution in [0.2, 0.25) is 0 Å². The van der Waals surface area contributed by atoms with Crippen LogP contribution in [0.3, 0.4) is 0 Å². The van der Waals surface area contributed by atoms with Gasteiger partial charge in [0.15, 0.2) is 0 Å². The van der Waals surface area contributed by atoms with Crippen LogP contribution >= 0.6 is 0 Å². The molecule has 0 amide bonds. The molecular formula is C12H18O3S. The normalized spacial score (nSPS) is 13.6. The van der Waals surface area contributed by atoms with Crippen molar-refractivity contribution in [2.75, 3.05) is 0 Å². The van der Waals surface area contributed by atoms with Crippen molar-refractivity contribution in [2.45, 2.75) is 37.9 Å². The van der Waals surface area contributed by atoms with E-state index in [0.29, 0.717) is 6.42 Å². The molecule has 0 aromatic heterocycles. The van der Waals surface area contributed by atoms with E-state index >= 15 is 0 Å². The summed E-state index contributed by atoms with van der Waals surface area (Å²) in [7, 11) is -3.85. The molecule has 1 atom stereocenters. The second-order valence-electron chi connectivity index (χ2n) is 4.06. The molecule has 0 unspecified atom stereocenters. The summed E-state index contributed by atoms with van der Waals surface area (Å²) >= 11 is 0. The Balaban J connectivity index is 2.23. The first-order chi connectivity index (χ1) is 7.50. The highest BCUT2D eigenvalue weighted by Gasteiger charge is 2.15. The Bertz CT molecular complexity index is 398. The van der Waals surface area contributed by atoms with Crippen LogP contribution in [-0.4, -0.2) is 18.2 Å². The predicted octanol–water partition coefficient (Wildman–Crippen LogP) is 2.68. The molecule has 0 saturated carbocycles. The van der Waals surface area contributed by atoms with Gasteiger partial charge >= 0.3 is 0 Å². The molecule has 1 aromatic rings. The number of hydrogen-bond acceptors (Lipinski definition) is 2. The van der Waals surface area contributed by atoms with Gasteiger partial charge in [0, 0.05) is 0 Å². The summed E-state index contributed by atoms with van der Waals surface area (Å²) in [6.45, 7) is 1.54. The van der Waals surface area contributed by atoms with Gasteiger partial charge in [0.05, 0.1) is 5.25 Å². The molecule has 16 heavy (non-hydrogen) atoms. The van der Waals surface area contributed by atoms with E-state index in [0.717, 1.165) is 19.3 Å². The molecule has 3 nitrogen and oxygen atoms in total. The van der Waals surface area contributed by atoms with Crippen molar-refractivity contribution in [3.63, 3.8) is 0 Å². The maximum Gasteiger partial charge on any atom is 0.267 e. The maximum atomic E-state index is 10.8. The Labute approximate surface area is 97.2 Å².